The molecule has 0 aromatic rings. The Morgan fingerprint density at radius 2 is 1.76 bits per heavy atom. The van der Waals surface area contributed by atoms with Gasteiger partial charge in [-0.3, -0.25) is 9.59 Å². The molecule has 98 valence electrons. The van der Waals surface area contributed by atoms with Crippen LogP contribution in [0.3, 0.4) is 0 Å². The monoisotopic (exact) mass is 250 g/mol. The summed E-state index contributed by atoms with van der Waals surface area (Å²) in [5.74, 6) is -2.03. The van der Waals surface area contributed by atoms with Crippen molar-refractivity contribution in [2.24, 2.45) is 0 Å². The first-order valence-electron chi connectivity index (χ1n) is 4.75. The molecule has 8 heteroatoms. The third-order valence-electron chi connectivity index (χ3n) is 1.84. The average molecular weight is 250 g/mol. The van der Waals surface area contributed by atoms with Gasteiger partial charge in [-0.05, 0) is 0 Å². The van der Waals surface area contributed by atoms with Crippen molar-refractivity contribution in [2.45, 2.75) is 31.2 Å². The number of carboxylic acids is 1. The molecule has 0 saturated heterocycles. The zero-order valence-corrected chi connectivity index (χ0v) is 8.85. The van der Waals surface area contributed by atoms with Gasteiger partial charge in [0, 0.05) is 0 Å². The van der Waals surface area contributed by atoms with Gasteiger partial charge in [-0.2, -0.15) is 0 Å². The lowest BCUT2D eigenvalue weighted by Gasteiger charge is -2.18. The molecule has 3 atom stereocenters. The summed E-state index contributed by atoms with van der Waals surface area (Å²) in [5.41, 5.74) is 0. The van der Waals surface area contributed by atoms with E-state index in [4.69, 9.17) is 15.3 Å². The molecule has 0 bridgehead atoms. The van der Waals surface area contributed by atoms with Gasteiger partial charge >= 0.3 is 11.9 Å². The lowest BCUT2D eigenvalue weighted by atomic mass is 10.1. The van der Waals surface area contributed by atoms with Gasteiger partial charge in [0.25, 0.3) is 0 Å². The second-order valence-electron chi connectivity index (χ2n) is 3.26. The topological polar surface area (TPSA) is 141 Å². The third-order valence-corrected chi connectivity index (χ3v) is 1.84. The number of aliphatic carboxylic acids is 1. The van der Waals surface area contributed by atoms with E-state index in [0.29, 0.717) is 0 Å². The number of aldehydes is 1. The summed E-state index contributed by atoms with van der Waals surface area (Å²) < 4.78 is 4.43. The molecule has 0 aliphatic heterocycles. The number of rotatable bonds is 8. The van der Waals surface area contributed by atoms with Crippen LogP contribution in [-0.4, -0.2) is 63.6 Å². The van der Waals surface area contributed by atoms with Crippen LogP contribution < -0.4 is 0 Å². The van der Waals surface area contributed by atoms with Crippen molar-refractivity contribution < 1.29 is 39.5 Å². The van der Waals surface area contributed by atoms with Gasteiger partial charge in [0.1, 0.15) is 24.9 Å². The molecule has 8 nitrogen and oxygen atoms in total. The van der Waals surface area contributed by atoms with E-state index in [0.717, 1.165) is 0 Å². The fourth-order valence-corrected chi connectivity index (χ4v) is 0.866. The van der Waals surface area contributed by atoms with Gasteiger partial charge < -0.3 is 30.0 Å². The van der Waals surface area contributed by atoms with Gasteiger partial charge in [-0.25, -0.2) is 0 Å². The Bertz CT molecular complexity index is 276. The molecular weight excluding hydrogens is 236 g/mol. The second-order valence-corrected chi connectivity index (χ2v) is 3.26. The van der Waals surface area contributed by atoms with Crippen LogP contribution in [0.15, 0.2) is 0 Å². The predicted molar refractivity (Wildman–Crippen MR) is 51.9 cm³/mol. The van der Waals surface area contributed by atoms with Crippen LogP contribution in [-0.2, 0) is 19.1 Å². The second kappa shape index (κ2) is 7.71. The van der Waals surface area contributed by atoms with Crippen molar-refractivity contribution in [1.82, 2.24) is 0 Å². The summed E-state index contributed by atoms with van der Waals surface area (Å²) in [6.45, 7) is -0.634. The minimum Gasteiger partial charge on any atom is -0.481 e. The predicted octanol–water partition coefficient (Wildman–Crippen LogP) is -2.32. The van der Waals surface area contributed by atoms with Crippen LogP contribution in [0.2, 0.25) is 0 Å². The highest BCUT2D eigenvalue weighted by molar-refractivity contribution is 5.76. The number of ether oxygens (including phenoxy) is 1. The molecule has 0 spiro atoms. The Morgan fingerprint density at radius 1 is 1.18 bits per heavy atom. The summed E-state index contributed by atoms with van der Waals surface area (Å²) in [6, 6.07) is 0. The Kier molecular flexibility index (Phi) is 7.03. The van der Waals surface area contributed by atoms with E-state index in [9.17, 15) is 19.5 Å². The molecule has 0 radical (unpaired) electrons. The lowest BCUT2D eigenvalue weighted by Crippen LogP contribution is -2.41. The van der Waals surface area contributed by atoms with Crippen LogP contribution >= 0.6 is 0 Å². The fourth-order valence-electron chi connectivity index (χ4n) is 0.866. The molecule has 0 heterocycles. The maximum Gasteiger partial charge on any atom is 0.306 e. The maximum atomic E-state index is 10.9. The highest BCUT2D eigenvalue weighted by Gasteiger charge is 2.25. The third kappa shape index (κ3) is 6.61. The molecule has 4 N–H and O–H groups in total. The maximum absolute atomic E-state index is 10.9. The van der Waals surface area contributed by atoms with Gasteiger partial charge in [-0.1, -0.05) is 0 Å². The normalized spacial score (nSPS) is 15.7. The molecular formula is C9H14O8. The number of carboxylic acid groups (broad SMARTS) is 1. The van der Waals surface area contributed by atoms with E-state index in [1.54, 1.807) is 0 Å². The molecule has 0 rings (SSSR count). The molecule has 0 aromatic heterocycles. The summed E-state index contributed by atoms with van der Waals surface area (Å²) in [6.07, 6.45) is -5.91. The molecule has 0 aliphatic rings. The van der Waals surface area contributed by atoms with Crippen molar-refractivity contribution in [3.63, 3.8) is 0 Å². The van der Waals surface area contributed by atoms with Crippen LogP contribution in [0.1, 0.15) is 12.8 Å². The van der Waals surface area contributed by atoms with Crippen molar-refractivity contribution in [1.29, 1.82) is 0 Å². The van der Waals surface area contributed by atoms with E-state index in [2.05, 4.69) is 4.74 Å². The zero-order valence-electron chi connectivity index (χ0n) is 8.85. The van der Waals surface area contributed by atoms with Gasteiger partial charge in [0.2, 0.25) is 0 Å². The number of carbonyl (C=O) groups is 3. The van der Waals surface area contributed by atoms with E-state index in [1.165, 1.54) is 0 Å². The first-order chi connectivity index (χ1) is 7.88. The van der Waals surface area contributed by atoms with E-state index < -0.39 is 43.3 Å². The first-order valence-corrected chi connectivity index (χ1v) is 4.75. The quantitative estimate of drug-likeness (QED) is 0.278. The number of aliphatic hydroxyl groups is 3. The number of carbonyl (C=O) groups excluding carboxylic acids is 2. The highest BCUT2D eigenvalue weighted by Crippen LogP contribution is 2.01. The highest BCUT2D eigenvalue weighted by atomic mass is 16.5. The Labute approximate surface area is 96.4 Å². The van der Waals surface area contributed by atoms with Gasteiger partial charge in [-0.15, -0.1) is 0 Å². The summed E-state index contributed by atoms with van der Waals surface area (Å²) in [4.78, 5) is 31.1. The SMILES string of the molecule is O=C[C@H](O)[C@@H](O)[C@@H](O)COC(=O)CCC(=O)O. The minimum atomic E-state index is -1.78. The number of hydrogen-bond donors (Lipinski definition) is 4. The van der Waals surface area contributed by atoms with Crippen LogP contribution in [0, 0.1) is 0 Å². The largest absolute Gasteiger partial charge is 0.481 e. The van der Waals surface area contributed by atoms with Crippen LogP contribution in [0.4, 0.5) is 0 Å². The summed E-state index contributed by atoms with van der Waals surface area (Å²) >= 11 is 0. The molecule has 0 unspecified atom stereocenters. The summed E-state index contributed by atoms with van der Waals surface area (Å²) in [7, 11) is 0. The van der Waals surface area contributed by atoms with Crippen molar-refractivity contribution in [3.8, 4) is 0 Å². The van der Waals surface area contributed by atoms with Gasteiger partial charge in [0.15, 0.2) is 6.29 Å². The Morgan fingerprint density at radius 3 is 2.24 bits per heavy atom. The Balaban J connectivity index is 3.90. The molecule has 0 aromatic carbocycles. The molecule has 0 amide bonds. The average Bonchev–Trinajstić information content (AvgIpc) is 2.31. The van der Waals surface area contributed by atoms with Crippen molar-refractivity contribution >= 4 is 18.2 Å². The molecule has 17 heavy (non-hydrogen) atoms. The lowest BCUT2D eigenvalue weighted by molar-refractivity contribution is -0.154. The van der Waals surface area contributed by atoms with Crippen molar-refractivity contribution in [2.75, 3.05) is 6.61 Å². The van der Waals surface area contributed by atoms with Crippen molar-refractivity contribution in [3.05, 3.63) is 0 Å². The molecule has 0 fully saturated rings. The summed E-state index contributed by atoms with van der Waals surface area (Å²) in [5, 5.41) is 35.4. The smallest absolute Gasteiger partial charge is 0.306 e. The Hall–Kier alpha value is -1.51. The van der Waals surface area contributed by atoms with Crippen LogP contribution in [0.5, 0.6) is 0 Å². The zero-order chi connectivity index (χ0) is 13.4. The van der Waals surface area contributed by atoms with E-state index in [1.807, 2.05) is 0 Å². The van der Waals surface area contributed by atoms with Crippen LogP contribution in [0.25, 0.3) is 0 Å². The fraction of sp³-hybridized carbons (Fsp3) is 0.667. The van der Waals surface area contributed by atoms with E-state index in [-0.39, 0.29) is 12.7 Å². The first kappa shape index (κ1) is 15.5. The number of aliphatic hydroxyl groups excluding tert-OH is 3. The standard InChI is InChI=1S/C9H14O8/c10-3-5(11)9(16)6(12)4-17-8(15)2-1-7(13)14/h3,5-6,9,11-12,16H,1-2,4H2,(H,13,14)/t5-,6-,9+/m0/s1. The number of esters is 1. The van der Waals surface area contributed by atoms with Gasteiger partial charge in [0.05, 0.1) is 12.8 Å². The molecule has 0 aliphatic carbocycles. The van der Waals surface area contributed by atoms with E-state index >= 15 is 0 Å². The molecule has 0 saturated carbocycles. The number of hydrogen-bond acceptors (Lipinski definition) is 7. The minimum absolute atomic E-state index is 0.0279.